The highest BCUT2D eigenvalue weighted by molar-refractivity contribution is 7.18. The Kier molecular flexibility index (Phi) is 5.61. The highest BCUT2D eigenvalue weighted by Gasteiger charge is 2.22. The molecule has 1 aromatic heterocycles. The van der Waals surface area contributed by atoms with Crippen LogP contribution < -0.4 is 0 Å². The first-order valence-corrected chi connectivity index (χ1v) is 9.14. The Morgan fingerprint density at radius 2 is 1.89 bits per heavy atom. The van der Waals surface area contributed by atoms with Crippen LogP contribution in [-0.2, 0) is 9.53 Å². The van der Waals surface area contributed by atoms with Crippen LogP contribution in [0.1, 0.15) is 38.7 Å². The SMILES string of the molecule is C[C@H](c1nc2ccccc2s1)N(C)C(=O)COC(=O)c1ccc(C=O)cc1. The van der Waals surface area contributed by atoms with E-state index in [0.717, 1.165) is 15.2 Å². The lowest BCUT2D eigenvalue weighted by Gasteiger charge is -2.23. The lowest BCUT2D eigenvalue weighted by atomic mass is 10.1. The third-order valence-electron chi connectivity index (χ3n) is 4.25. The van der Waals surface area contributed by atoms with Gasteiger partial charge in [-0.25, -0.2) is 9.78 Å². The van der Waals surface area contributed by atoms with Gasteiger partial charge in [0.05, 0.1) is 21.8 Å². The molecule has 6 nitrogen and oxygen atoms in total. The van der Waals surface area contributed by atoms with Gasteiger partial charge in [-0.05, 0) is 31.2 Å². The Balaban J connectivity index is 1.60. The maximum Gasteiger partial charge on any atom is 0.338 e. The summed E-state index contributed by atoms with van der Waals surface area (Å²) in [4.78, 5) is 41.1. The second kappa shape index (κ2) is 8.09. The van der Waals surface area contributed by atoms with Crippen LogP contribution in [0.15, 0.2) is 48.5 Å². The molecule has 0 aliphatic carbocycles. The van der Waals surface area contributed by atoms with Crippen LogP contribution in [0.25, 0.3) is 10.2 Å². The van der Waals surface area contributed by atoms with Gasteiger partial charge in [0, 0.05) is 12.6 Å². The van der Waals surface area contributed by atoms with E-state index in [0.29, 0.717) is 11.8 Å². The minimum Gasteiger partial charge on any atom is -0.452 e. The van der Waals surface area contributed by atoms with Crippen LogP contribution >= 0.6 is 11.3 Å². The number of para-hydroxylation sites is 1. The highest BCUT2D eigenvalue weighted by atomic mass is 32.1. The van der Waals surface area contributed by atoms with Crippen molar-refractivity contribution in [2.24, 2.45) is 0 Å². The normalized spacial score (nSPS) is 11.8. The van der Waals surface area contributed by atoms with E-state index >= 15 is 0 Å². The molecule has 7 heteroatoms. The number of likely N-dealkylation sites (N-methyl/N-ethyl adjacent to an activating group) is 1. The van der Waals surface area contributed by atoms with Crippen LogP contribution in [0.4, 0.5) is 0 Å². The molecule has 3 rings (SSSR count). The molecule has 3 aromatic rings. The first-order valence-electron chi connectivity index (χ1n) is 8.33. The second-order valence-electron chi connectivity index (χ2n) is 6.02. The van der Waals surface area contributed by atoms with Gasteiger partial charge in [0.1, 0.15) is 11.3 Å². The number of fused-ring (bicyclic) bond motifs is 1. The molecule has 1 heterocycles. The Labute approximate surface area is 160 Å². The van der Waals surface area contributed by atoms with Crippen molar-refractivity contribution in [1.29, 1.82) is 0 Å². The zero-order valence-electron chi connectivity index (χ0n) is 14.9. The third-order valence-corrected chi connectivity index (χ3v) is 5.46. The molecular formula is C20H18N2O4S. The molecule has 0 N–H and O–H groups in total. The predicted molar refractivity (Wildman–Crippen MR) is 103 cm³/mol. The number of thiazole rings is 1. The van der Waals surface area contributed by atoms with Crippen molar-refractivity contribution >= 4 is 39.7 Å². The van der Waals surface area contributed by atoms with Crippen molar-refractivity contribution in [3.63, 3.8) is 0 Å². The summed E-state index contributed by atoms with van der Waals surface area (Å²) in [6.45, 7) is 1.52. The summed E-state index contributed by atoms with van der Waals surface area (Å²) in [5, 5.41) is 0.822. The van der Waals surface area contributed by atoms with Crippen LogP contribution in [0, 0.1) is 0 Å². The molecular weight excluding hydrogens is 364 g/mol. The fourth-order valence-electron chi connectivity index (χ4n) is 2.46. The predicted octanol–water partition coefficient (Wildman–Crippen LogP) is 3.49. The number of rotatable bonds is 6. The molecule has 27 heavy (non-hydrogen) atoms. The van der Waals surface area contributed by atoms with Crippen molar-refractivity contribution in [1.82, 2.24) is 9.88 Å². The van der Waals surface area contributed by atoms with Crippen molar-refractivity contribution in [2.45, 2.75) is 13.0 Å². The molecule has 0 aliphatic heterocycles. The van der Waals surface area contributed by atoms with Gasteiger partial charge in [-0.15, -0.1) is 11.3 Å². The zero-order valence-corrected chi connectivity index (χ0v) is 15.7. The van der Waals surface area contributed by atoms with E-state index in [1.54, 1.807) is 7.05 Å². The fourth-order valence-corrected chi connectivity index (χ4v) is 3.52. The topological polar surface area (TPSA) is 76.6 Å². The van der Waals surface area contributed by atoms with Gasteiger partial charge in [0.15, 0.2) is 6.61 Å². The zero-order chi connectivity index (χ0) is 19.4. The van der Waals surface area contributed by atoms with Gasteiger partial charge in [0.2, 0.25) is 0 Å². The maximum absolute atomic E-state index is 12.4. The fraction of sp³-hybridized carbons (Fsp3) is 0.200. The number of benzene rings is 2. The Morgan fingerprint density at radius 1 is 1.19 bits per heavy atom. The number of amides is 1. The monoisotopic (exact) mass is 382 g/mol. The Morgan fingerprint density at radius 3 is 2.56 bits per heavy atom. The summed E-state index contributed by atoms with van der Waals surface area (Å²) in [7, 11) is 1.66. The van der Waals surface area contributed by atoms with E-state index < -0.39 is 5.97 Å². The maximum atomic E-state index is 12.4. The average Bonchev–Trinajstić information content (AvgIpc) is 3.15. The summed E-state index contributed by atoms with van der Waals surface area (Å²) in [5.41, 5.74) is 1.65. The molecule has 1 amide bonds. The van der Waals surface area contributed by atoms with E-state index in [1.807, 2.05) is 31.2 Å². The second-order valence-corrected chi connectivity index (χ2v) is 7.08. The van der Waals surface area contributed by atoms with Crippen molar-refractivity contribution in [2.75, 3.05) is 13.7 Å². The van der Waals surface area contributed by atoms with Crippen molar-refractivity contribution in [3.05, 3.63) is 64.7 Å². The molecule has 138 valence electrons. The van der Waals surface area contributed by atoms with Crippen LogP contribution in [0.5, 0.6) is 0 Å². The number of carbonyl (C=O) groups excluding carboxylic acids is 3. The third kappa shape index (κ3) is 4.20. The van der Waals surface area contributed by atoms with Crippen molar-refractivity contribution in [3.8, 4) is 0 Å². The van der Waals surface area contributed by atoms with E-state index in [-0.39, 0.29) is 24.1 Å². The van der Waals surface area contributed by atoms with Crippen LogP contribution in [-0.4, -0.2) is 41.7 Å². The number of hydrogen-bond acceptors (Lipinski definition) is 6. The summed E-state index contributed by atoms with van der Waals surface area (Å²) in [6.07, 6.45) is 0.691. The number of nitrogens with zero attached hydrogens (tertiary/aromatic N) is 2. The first-order chi connectivity index (χ1) is 13.0. The van der Waals surface area contributed by atoms with Gasteiger partial charge >= 0.3 is 5.97 Å². The minimum atomic E-state index is -0.609. The molecule has 0 aliphatic rings. The van der Waals surface area contributed by atoms with E-state index in [9.17, 15) is 14.4 Å². The standard InChI is InChI=1S/C20H18N2O4S/c1-13(19-21-16-5-3-4-6-17(16)27-19)22(2)18(24)12-26-20(25)15-9-7-14(11-23)8-10-15/h3-11,13H,12H2,1-2H3/t13-/m1/s1. The lowest BCUT2D eigenvalue weighted by molar-refractivity contribution is -0.135. The van der Waals surface area contributed by atoms with Crippen LogP contribution in [0.2, 0.25) is 0 Å². The molecule has 0 saturated carbocycles. The summed E-state index contributed by atoms with van der Waals surface area (Å²) >= 11 is 1.53. The molecule has 0 fully saturated rings. The van der Waals surface area contributed by atoms with Gasteiger partial charge < -0.3 is 9.64 Å². The van der Waals surface area contributed by atoms with E-state index in [2.05, 4.69) is 4.98 Å². The van der Waals surface area contributed by atoms with Gasteiger partial charge in [0.25, 0.3) is 5.91 Å². The Hall–Kier alpha value is -3.06. The summed E-state index contributed by atoms with van der Waals surface area (Å²) in [6, 6.07) is 13.6. The lowest BCUT2D eigenvalue weighted by Crippen LogP contribution is -2.33. The smallest absolute Gasteiger partial charge is 0.338 e. The van der Waals surface area contributed by atoms with Gasteiger partial charge in [-0.2, -0.15) is 0 Å². The number of esters is 1. The number of aromatic nitrogens is 1. The van der Waals surface area contributed by atoms with Crippen LogP contribution in [0.3, 0.4) is 0 Å². The average molecular weight is 382 g/mol. The quantitative estimate of drug-likeness (QED) is 0.482. The number of ether oxygens (including phenoxy) is 1. The van der Waals surface area contributed by atoms with Gasteiger partial charge in [-0.1, -0.05) is 24.3 Å². The molecule has 0 unspecified atom stereocenters. The molecule has 0 saturated heterocycles. The van der Waals surface area contributed by atoms with E-state index in [1.165, 1.54) is 40.5 Å². The Bertz CT molecular complexity index is 948. The molecule has 2 aromatic carbocycles. The number of aldehydes is 1. The summed E-state index contributed by atoms with van der Waals surface area (Å²) in [5.74, 6) is -0.929. The first kappa shape index (κ1) is 18.7. The van der Waals surface area contributed by atoms with Gasteiger partial charge in [-0.3, -0.25) is 9.59 Å². The number of hydrogen-bond donors (Lipinski definition) is 0. The molecule has 1 atom stereocenters. The summed E-state index contributed by atoms with van der Waals surface area (Å²) < 4.78 is 6.15. The highest BCUT2D eigenvalue weighted by Crippen LogP contribution is 2.28. The number of carbonyl (C=O) groups is 3. The van der Waals surface area contributed by atoms with Crippen molar-refractivity contribution < 1.29 is 19.1 Å². The largest absolute Gasteiger partial charge is 0.452 e. The minimum absolute atomic E-state index is 0.236. The molecule has 0 bridgehead atoms. The van der Waals surface area contributed by atoms with E-state index in [4.69, 9.17) is 4.74 Å². The molecule has 0 radical (unpaired) electrons. The molecule has 0 spiro atoms.